The van der Waals surface area contributed by atoms with Gasteiger partial charge in [-0.15, -0.1) is 5.10 Å². The van der Waals surface area contributed by atoms with Crippen molar-refractivity contribution in [3.05, 3.63) is 40.1 Å². The first-order valence-electron chi connectivity index (χ1n) is 5.70. The van der Waals surface area contributed by atoms with Crippen molar-refractivity contribution < 1.29 is 0 Å². The minimum Gasteiger partial charge on any atom is -0.325 e. The summed E-state index contributed by atoms with van der Waals surface area (Å²) in [5.41, 5.74) is 8.93. The van der Waals surface area contributed by atoms with E-state index in [2.05, 4.69) is 26.2 Å². The van der Waals surface area contributed by atoms with E-state index < -0.39 is 0 Å². The van der Waals surface area contributed by atoms with Gasteiger partial charge in [0.25, 0.3) is 0 Å². The second-order valence-corrected chi connectivity index (χ2v) is 5.21. The van der Waals surface area contributed by atoms with Gasteiger partial charge in [0, 0.05) is 16.9 Å². The predicted molar refractivity (Wildman–Crippen MR) is 68.9 cm³/mol. The lowest BCUT2D eigenvalue weighted by Crippen LogP contribution is -2.08. The third kappa shape index (κ3) is 2.00. The van der Waals surface area contributed by atoms with Crippen molar-refractivity contribution >= 4 is 15.9 Å². The molecule has 88 valence electrons. The van der Waals surface area contributed by atoms with Crippen LogP contribution in [0.5, 0.6) is 0 Å². The van der Waals surface area contributed by atoms with Gasteiger partial charge in [-0.25, -0.2) is 4.68 Å². The van der Waals surface area contributed by atoms with E-state index in [0.29, 0.717) is 12.5 Å². The quantitative estimate of drug-likeness (QED) is 0.945. The number of aromatic nitrogens is 3. The molecule has 0 saturated heterocycles. The molecule has 1 aliphatic carbocycles. The molecule has 0 atom stereocenters. The van der Waals surface area contributed by atoms with Gasteiger partial charge in [-0.1, -0.05) is 27.2 Å². The minimum atomic E-state index is 0.478. The van der Waals surface area contributed by atoms with Crippen molar-refractivity contribution in [2.45, 2.75) is 25.3 Å². The van der Waals surface area contributed by atoms with Gasteiger partial charge in [0.1, 0.15) is 0 Å². The van der Waals surface area contributed by atoms with Crippen LogP contribution < -0.4 is 5.73 Å². The van der Waals surface area contributed by atoms with E-state index in [1.165, 1.54) is 12.8 Å². The Morgan fingerprint density at radius 1 is 1.41 bits per heavy atom. The summed E-state index contributed by atoms with van der Waals surface area (Å²) < 4.78 is 2.87. The van der Waals surface area contributed by atoms with Gasteiger partial charge in [-0.3, -0.25) is 0 Å². The molecule has 1 heterocycles. The lowest BCUT2D eigenvalue weighted by molar-refractivity contribution is 0.761. The molecule has 0 amide bonds. The first-order valence-corrected chi connectivity index (χ1v) is 6.49. The third-order valence-corrected chi connectivity index (χ3v) is 3.50. The van der Waals surface area contributed by atoms with Gasteiger partial charge in [-0.05, 0) is 31.0 Å². The molecule has 5 heteroatoms. The largest absolute Gasteiger partial charge is 0.325 e. The molecule has 1 fully saturated rings. The average molecular weight is 293 g/mol. The summed E-state index contributed by atoms with van der Waals surface area (Å²) >= 11 is 3.46. The molecule has 2 aromatic rings. The predicted octanol–water partition coefficient (Wildman–Crippen LogP) is 2.37. The SMILES string of the molecule is NCc1c(C2CC2)nnn1-c1cccc(Br)c1. The van der Waals surface area contributed by atoms with E-state index in [4.69, 9.17) is 5.73 Å². The van der Waals surface area contributed by atoms with Crippen molar-refractivity contribution in [1.29, 1.82) is 0 Å². The summed E-state index contributed by atoms with van der Waals surface area (Å²) in [5, 5.41) is 8.50. The Kier molecular flexibility index (Phi) is 2.72. The molecule has 0 bridgehead atoms. The molecule has 1 aliphatic rings. The molecule has 0 radical (unpaired) electrons. The van der Waals surface area contributed by atoms with Crippen LogP contribution in [0.2, 0.25) is 0 Å². The summed E-state index contributed by atoms with van der Waals surface area (Å²) in [4.78, 5) is 0. The van der Waals surface area contributed by atoms with Crippen LogP contribution >= 0.6 is 15.9 Å². The second-order valence-electron chi connectivity index (χ2n) is 4.29. The van der Waals surface area contributed by atoms with Crippen LogP contribution in [0.25, 0.3) is 5.69 Å². The lowest BCUT2D eigenvalue weighted by Gasteiger charge is -2.05. The van der Waals surface area contributed by atoms with Crippen LogP contribution in [0.3, 0.4) is 0 Å². The zero-order valence-electron chi connectivity index (χ0n) is 9.31. The molecule has 0 spiro atoms. The number of hydrogen-bond donors (Lipinski definition) is 1. The van der Waals surface area contributed by atoms with Gasteiger partial charge in [0.05, 0.1) is 17.1 Å². The molecule has 1 aromatic carbocycles. The first kappa shape index (κ1) is 10.9. The summed E-state index contributed by atoms with van der Waals surface area (Å²) in [6.07, 6.45) is 2.42. The molecule has 2 N–H and O–H groups in total. The molecular weight excluding hydrogens is 280 g/mol. The summed E-state index contributed by atoms with van der Waals surface area (Å²) in [7, 11) is 0. The van der Waals surface area contributed by atoms with Crippen molar-refractivity contribution in [2.75, 3.05) is 0 Å². The topological polar surface area (TPSA) is 56.7 Å². The molecule has 0 aliphatic heterocycles. The maximum Gasteiger partial charge on any atom is 0.0907 e. The monoisotopic (exact) mass is 292 g/mol. The summed E-state index contributed by atoms with van der Waals surface area (Å²) in [6, 6.07) is 8.00. The molecule has 4 nitrogen and oxygen atoms in total. The molecule has 17 heavy (non-hydrogen) atoms. The Morgan fingerprint density at radius 2 is 2.24 bits per heavy atom. The number of hydrogen-bond acceptors (Lipinski definition) is 3. The van der Waals surface area contributed by atoms with Crippen molar-refractivity contribution in [3.63, 3.8) is 0 Å². The summed E-state index contributed by atoms with van der Waals surface area (Å²) in [5.74, 6) is 0.578. The van der Waals surface area contributed by atoms with Crippen molar-refractivity contribution in [3.8, 4) is 5.69 Å². The van der Waals surface area contributed by atoms with Crippen LogP contribution in [0, 0.1) is 0 Å². The standard InChI is InChI=1S/C12H13BrN4/c13-9-2-1-3-10(6-9)17-11(7-14)12(15-16-17)8-4-5-8/h1-3,6,8H,4-5,7,14H2. The maximum absolute atomic E-state index is 5.82. The van der Waals surface area contributed by atoms with Gasteiger partial charge >= 0.3 is 0 Å². The third-order valence-electron chi connectivity index (χ3n) is 3.00. The van der Waals surface area contributed by atoms with E-state index in [9.17, 15) is 0 Å². The molecule has 3 rings (SSSR count). The van der Waals surface area contributed by atoms with E-state index in [-0.39, 0.29) is 0 Å². The van der Waals surface area contributed by atoms with Gasteiger partial charge in [0.15, 0.2) is 0 Å². The number of nitrogens with zero attached hydrogens (tertiary/aromatic N) is 3. The highest BCUT2D eigenvalue weighted by Crippen LogP contribution is 2.40. The van der Waals surface area contributed by atoms with E-state index in [1.54, 1.807) is 0 Å². The maximum atomic E-state index is 5.82. The number of benzene rings is 1. The molecule has 1 saturated carbocycles. The lowest BCUT2D eigenvalue weighted by atomic mass is 10.2. The highest BCUT2D eigenvalue weighted by Gasteiger charge is 2.30. The van der Waals surface area contributed by atoms with Crippen LogP contribution in [0.15, 0.2) is 28.7 Å². The number of rotatable bonds is 3. The summed E-state index contributed by atoms with van der Waals surface area (Å²) in [6.45, 7) is 0.478. The highest BCUT2D eigenvalue weighted by molar-refractivity contribution is 9.10. The fraction of sp³-hybridized carbons (Fsp3) is 0.333. The van der Waals surface area contributed by atoms with Gasteiger partial charge in [0.2, 0.25) is 0 Å². The smallest absolute Gasteiger partial charge is 0.0907 e. The Hall–Kier alpha value is -1.20. The van der Waals surface area contributed by atoms with Gasteiger partial charge in [-0.2, -0.15) is 0 Å². The molecule has 1 aromatic heterocycles. The van der Waals surface area contributed by atoms with Gasteiger partial charge < -0.3 is 5.73 Å². The van der Waals surface area contributed by atoms with E-state index in [1.807, 2.05) is 28.9 Å². The van der Waals surface area contributed by atoms with Crippen LogP contribution in [0.1, 0.15) is 30.1 Å². The van der Waals surface area contributed by atoms with Crippen molar-refractivity contribution in [2.24, 2.45) is 5.73 Å². The zero-order chi connectivity index (χ0) is 11.8. The van der Waals surface area contributed by atoms with Crippen LogP contribution in [-0.2, 0) is 6.54 Å². The number of halogens is 1. The first-order chi connectivity index (χ1) is 8.29. The molecule has 0 unspecified atom stereocenters. The highest BCUT2D eigenvalue weighted by atomic mass is 79.9. The second kappa shape index (κ2) is 4.23. The Morgan fingerprint density at radius 3 is 2.88 bits per heavy atom. The fourth-order valence-electron chi connectivity index (χ4n) is 1.99. The zero-order valence-corrected chi connectivity index (χ0v) is 10.9. The minimum absolute atomic E-state index is 0.478. The normalized spacial score (nSPS) is 15.2. The van der Waals surface area contributed by atoms with Crippen LogP contribution in [-0.4, -0.2) is 15.0 Å². The van der Waals surface area contributed by atoms with E-state index >= 15 is 0 Å². The average Bonchev–Trinajstić information content (AvgIpc) is 3.08. The molecular formula is C12H13BrN4. The Labute approximate surface area is 108 Å². The fourth-order valence-corrected chi connectivity index (χ4v) is 2.38. The van der Waals surface area contributed by atoms with Crippen LogP contribution in [0.4, 0.5) is 0 Å². The number of nitrogens with two attached hydrogens (primary N) is 1. The van der Waals surface area contributed by atoms with E-state index in [0.717, 1.165) is 21.5 Å². The van der Waals surface area contributed by atoms with Crippen molar-refractivity contribution in [1.82, 2.24) is 15.0 Å². The Bertz CT molecular complexity index is 545. The Balaban J connectivity index is 2.08.